The summed E-state index contributed by atoms with van der Waals surface area (Å²) in [5.74, 6) is 2.09. The molecule has 0 saturated heterocycles. The molecule has 0 radical (unpaired) electrons. The molecule has 0 aliphatic carbocycles. The number of rotatable bonds is 6. The quantitative estimate of drug-likeness (QED) is 0.652. The van der Waals surface area contributed by atoms with E-state index in [1.54, 1.807) is 7.11 Å². The molecular formula is C23H31ClN4O2. The number of hydrogen-bond acceptors (Lipinski definition) is 6. The van der Waals surface area contributed by atoms with Gasteiger partial charge in [0.25, 0.3) is 0 Å². The molecule has 0 amide bonds. The molecule has 0 saturated carbocycles. The summed E-state index contributed by atoms with van der Waals surface area (Å²) in [5.41, 5.74) is 3.52. The first-order valence-electron chi connectivity index (χ1n) is 10.9. The van der Waals surface area contributed by atoms with Crippen LogP contribution in [0.5, 0.6) is 11.6 Å². The smallest absolute Gasteiger partial charge is 0.223 e. The lowest BCUT2D eigenvalue weighted by Crippen LogP contribution is -2.42. The van der Waals surface area contributed by atoms with Gasteiger partial charge < -0.3 is 14.4 Å². The number of pyridine rings is 1. The van der Waals surface area contributed by atoms with Gasteiger partial charge in [0.05, 0.1) is 25.0 Å². The topological polar surface area (TPSA) is 59.3 Å². The Balaban J connectivity index is 1.73. The molecule has 4 heterocycles. The van der Waals surface area contributed by atoms with Crippen LogP contribution in [0.1, 0.15) is 64.6 Å². The first-order valence-corrected chi connectivity index (χ1v) is 11.3. The normalized spacial score (nSPS) is 26.8. The maximum atomic E-state index is 6.67. The number of aromatic nitrogens is 1. The van der Waals surface area contributed by atoms with E-state index in [1.165, 1.54) is 5.57 Å². The van der Waals surface area contributed by atoms with Crippen LogP contribution in [-0.2, 0) is 0 Å². The molecule has 30 heavy (non-hydrogen) atoms. The minimum atomic E-state index is -0.0874. The molecule has 0 fully saturated rings. The SMILES string of the molecule is CCC(C)C1COc2cc(C3=NC4C(C)=CN(C(C)CC)C4N=C3Cl)c(OC)nc21. The van der Waals surface area contributed by atoms with Gasteiger partial charge >= 0.3 is 0 Å². The van der Waals surface area contributed by atoms with Crippen LogP contribution >= 0.6 is 11.6 Å². The number of methoxy groups -OCH3 is 1. The molecule has 0 aromatic carbocycles. The van der Waals surface area contributed by atoms with Crippen LogP contribution in [0.2, 0.25) is 0 Å². The van der Waals surface area contributed by atoms with Gasteiger partial charge in [0.1, 0.15) is 23.7 Å². The third-order valence-corrected chi connectivity index (χ3v) is 7.02. The van der Waals surface area contributed by atoms with E-state index in [1.807, 2.05) is 6.07 Å². The Hall–Kier alpha value is -2.08. The van der Waals surface area contributed by atoms with Gasteiger partial charge in [-0.25, -0.2) is 9.98 Å². The number of hydrogen-bond donors (Lipinski definition) is 0. The first-order chi connectivity index (χ1) is 14.4. The maximum Gasteiger partial charge on any atom is 0.223 e. The van der Waals surface area contributed by atoms with Crippen molar-refractivity contribution in [1.29, 1.82) is 0 Å². The maximum absolute atomic E-state index is 6.67. The number of nitrogens with zero attached hydrogens (tertiary/aromatic N) is 4. The van der Waals surface area contributed by atoms with Crippen LogP contribution in [0.3, 0.4) is 0 Å². The average molecular weight is 431 g/mol. The largest absolute Gasteiger partial charge is 0.491 e. The predicted octanol–water partition coefficient (Wildman–Crippen LogP) is 4.76. The van der Waals surface area contributed by atoms with Crippen LogP contribution in [0.4, 0.5) is 0 Å². The molecule has 0 spiro atoms. The summed E-state index contributed by atoms with van der Waals surface area (Å²) in [6.45, 7) is 11.6. The van der Waals surface area contributed by atoms with E-state index < -0.39 is 0 Å². The van der Waals surface area contributed by atoms with Crippen LogP contribution < -0.4 is 9.47 Å². The van der Waals surface area contributed by atoms with E-state index in [9.17, 15) is 0 Å². The van der Waals surface area contributed by atoms with E-state index >= 15 is 0 Å². The van der Waals surface area contributed by atoms with Gasteiger partial charge in [-0.15, -0.1) is 0 Å². The Bertz CT molecular complexity index is 926. The summed E-state index contributed by atoms with van der Waals surface area (Å²) in [7, 11) is 1.63. The van der Waals surface area contributed by atoms with Crippen molar-refractivity contribution < 1.29 is 9.47 Å². The fourth-order valence-corrected chi connectivity index (χ4v) is 4.67. The van der Waals surface area contributed by atoms with Gasteiger partial charge in [0.15, 0.2) is 5.17 Å². The second kappa shape index (κ2) is 8.22. The fraction of sp³-hybridized carbons (Fsp3) is 0.609. The van der Waals surface area contributed by atoms with Gasteiger partial charge in [-0.3, -0.25) is 4.99 Å². The van der Waals surface area contributed by atoms with E-state index in [2.05, 4.69) is 45.7 Å². The van der Waals surface area contributed by atoms with E-state index in [0.717, 1.165) is 29.8 Å². The zero-order chi connectivity index (χ0) is 21.6. The molecule has 0 N–H and O–H groups in total. The van der Waals surface area contributed by atoms with Crippen LogP contribution in [0.25, 0.3) is 0 Å². The summed E-state index contributed by atoms with van der Waals surface area (Å²) in [4.78, 5) is 16.9. The summed E-state index contributed by atoms with van der Waals surface area (Å²) >= 11 is 6.67. The van der Waals surface area contributed by atoms with Gasteiger partial charge in [-0.05, 0) is 37.8 Å². The minimum Gasteiger partial charge on any atom is -0.491 e. The molecular weight excluding hydrogens is 400 g/mol. The lowest BCUT2D eigenvalue weighted by atomic mass is 9.90. The minimum absolute atomic E-state index is 0.0526. The highest BCUT2D eigenvalue weighted by Gasteiger charge is 2.40. The number of halogens is 1. The van der Waals surface area contributed by atoms with Gasteiger partial charge in [0, 0.05) is 18.2 Å². The molecule has 1 aromatic rings. The van der Waals surface area contributed by atoms with Crippen molar-refractivity contribution in [2.24, 2.45) is 15.9 Å². The zero-order valence-electron chi connectivity index (χ0n) is 18.6. The Morgan fingerprint density at radius 2 is 2.03 bits per heavy atom. The van der Waals surface area contributed by atoms with Gasteiger partial charge in [-0.2, -0.15) is 0 Å². The summed E-state index contributed by atoms with van der Waals surface area (Å²) < 4.78 is 11.7. The molecule has 162 valence electrons. The molecule has 6 nitrogen and oxygen atoms in total. The summed E-state index contributed by atoms with van der Waals surface area (Å²) in [6.07, 6.45) is 4.19. The second-order valence-corrected chi connectivity index (χ2v) is 8.92. The first kappa shape index (κ1) is 21.2. The molecule has 3 aliphatic heterocycles. The highest BCUT2D eigenvalue weighted by molar-refractivity contribution is 6.86. The highest BCUT2D eigenvalue weighted by atomic mass is 35.5. The highest BCUT2D eigenvalue weighted by Crippen LogP contribution is 2.41. The van der Waals surface area contributed by atoms with Crippen molar-refractivity contribution in [3.63, 3.8) is 0 Å². The van der Waals surface area contributed by atoms with E-state index in [0.29, 0.717) is 35.3 Å². The third kappa shape index (κ3) is 3.39. The molecule has 1 aromatic heterocycles. The number of ether oxygens (including phenoxy) is 2. The summed E-state index contributed by atoms with van der Waals surface area (Å²) in [5, 5.41) is 0.393. The van der Waals surface area contributed by atoms with Gasteiger partial charge in [0.2, 0.25) is 5.88 Å². The lowest BCUT2D eigenvalue weighted by Gasteiger charge is -2.32. The van der Waals surface area contributed by atoms with E-state index in [4.69, 9.17) is 36.0 Å². The molecule has 4 rings (SSSR count). The number of aliphatic imine (C=N–C) groups is 2. The third-order valence-electron chi connectivity index (χ3n) is 6.75. The lowest BCUT2D eigenvalue weighted by molar-refractivity contribution is 0.223. The van der Waals surface area contributed by atoms with Crippen molar-refractivity contribution >= 4 is 22.5 Å². The summed E-state index contributed by atoms with van der Waals surface area (Å²) in [6, 6.07) is 2.30. The van der Waals surface area contributed by atoms with Crippen molar-refractivity contribution in [2.45, 2.75) is 71.6 Å². The van der Waals surface area contributed by atoms with Crippen LogP contribution in [-0.4, -0.2) is 52.7 Å². The Labute approximate surface area is 184 Å². The predicted molar refractivity (Wildman–Crippen MR) is 121 cm³/mol. The van der Waals surface area contributed by atoms with E-state index in [-0.39, 0.29) is 18.1 Å². The average Bonchev–Trinajstić information content (AvgIpc) is 3.31. The fourth-order valence-electron chi connectivity index (χ4n) is 4.42. The molecule has 5 atom stereocenters. The second-order valence-electron chi connectivity index (χ2n) is 8.57. The zero-order valence-corrected chi connectivity index (χ0v) is 19.4. The van der Waals surface area contributed by atoms with Gasteiger partial charge in [-0.1, -0.05) is 38.8 Å². The van der Waals surface area contributed by atoms with Crippen LogP contribution in [0.15, 0.2) is 27.8 Å². The molecule has 0 bridgehead atoms. The molecule has 5 unspecified atom stereocenters. The standard InChI is InChI=1S/C23H31ClN4O2/c1-7-12(3)16-11-30-17-9-15(23(29-6)26-19(16)17)20-21(24)27-22-18(25-20)13(4)10-28(22)14(5)8-2/h9-10,12,14,16,18,22H,7-8,11H2,1-6H3. The van der Waals surface area contributed by atoms with Crippen molar-refractivity contribution in [2.75, 3.05) is 13.7 Å². The Morgan fingerprint density at radius 3 is 2.70 bits per heavy atom. The number of fused-ring (bicyclic) bond motifs is 2. The van der Waals surface area contributed by atoms with Crippen LogP contribution in [0, 0.1) is 5.92 Å². The van der Waals surface area contributed by atoms with Crippen molar-refractivity contribution in [3.8, 4) is 11.6 Å². The Morgan fingerprint density at radius 1 is 1.27 bits per heavy atom. The molecule has 3 aliphatic rings. The Kier molecular flexibility index (Phi) is 5.80. The molecule has 7 heteroatoms. The monoisotopic (exact) mass is 430 g/mol. The van der Waals surface area contributed by atoms with Crippen molar-refractivity contribution in [3.05, 3.63) is 29.1 Å². The van der Waals surface area contributed by atoms with Crippen molar-refractivity contribution in [1.82, 2.24) is 9.88 Å².